The molecule has 2 amide bonds. The number of hydrogen-bond acceptors (Lipinski definition) is 5. The zero-order chi connectivity index (χ0) is 18.3. The van der Waals surface area contributed by atoms with Gasteiger partial charge in [0.05, 0.1) is 31.8 Å². The Morgan fingerprint density at radius 1 is 1.12 bits per heavy atom. The molecule has 6 nitrogen and oxygen atoms in total. The summed E-state index contributed by atoms with van der Waals surface area (Å²) in [7, 11) is 1.57. The Kier molecular flexibility index (Phi) is 4.26. The Morgan fingerprint density at radius 3 is 2.31 bits per heavy atom. The van der Waals surface area contributed by atoms with Crippen LogP contribution >= 0.6 is 0 Å². The average Bonchev–Trinajstić information content (AvgIpc) is 2.95. The number of fused-ring (bicyclic) bond motifs is 1. The van der Waals surface area contributed by atoms with Crippen molar-refractivity contribution in [2.75, 3.05) is 13.7 Å². The van der Waals surface area contributed by atoms with E-state index < -0.39 is 0 Å². The monoisotopic (exact) mass is 354 g/mol. The molecule has 1 aromatic carbocycles. The van der Waals surface area contributed by atoms with Gasteiger partial charge in [0.15, 0.2) is 11.5 Å². The van der Waals surface area contributed by atoms with Crippen LogP contribution in [0.25, 0.3) is 0 Å². The molecule has 0 radical (unpaired) electrons. The molecule has 6 heteroatoms. The Balaban J connectivity index is 1.56. The predicted octanol–water partition coefficient (Wildman–Crippen LogP) is 2.63. The molecule has 4 atom stereocenters. The number of imide groups is 1. The minimum absolute atomic E-state index is 0.173. The first-order chi connectivity index (χ1) is 12.6. The summed E-state index contributed by atoms with van der Waals surface area (Å²) in [5.41, 5.74) is 0.738. The molecule has 0 aromatic heterocycles. The molecule has 1 saturated carbocycles. The Bertz CT molecular complexity index is 769. The standard InChI is InChI=1S/C20H22N2O4/c1-3-26-15-9-4-12(10-16(15)25-2)11-21-22-19(23)17-13-5-6-14(8-7-13)18(17)20(22)24/h4-6,9-11,13-14,17-18H,3,7-8H2,1-2H3/b21-11-/t13-,14-,17-,18-/m0/s1. The van der Waals surface area contributed by atoms with Crippen LogP contribution in [0.2, 0.25) is 0 Å². The summed E-state index contributed by atoms with van der Waals surface area (Å²) in [5, 5.41) is 5.28. The zero-order valence-electron chi connectivity index (χ0n) is 14.9. The van der Waals surface area contributed by atoms with Crippen molar-refractivity contribution in [3.8, 4) is 11.5 Å². The second-order valence-corrected chi connectivity index (χ2v) is 6.92. The van der Waals surface area contributed by atoms with Crippen LogP contribution in [0.1, 0.15) is 25.3 Å². The van der Waals surface area contributed by atoms with Crippen LogP contribution in [0.3, 0.4) is 0 Å². The van der Waals surface area contributed by atoms with E-state index in [1.54, 1.807) is 19.2 Å². The summed E-state index contributed by atoms with van der Waals surface area (Å²) in [5.74, 6) is 0.761. The first-order valence-electron chi connectivity index (χ1n) is 9.05. The molecule has 1 heterocycles. The highest BCUT2D eigenvalue weighted by Gasteiger charge is 2.56. The summed E-state index contributed by atoms with van der Waals surface area (Å²) in [6.45, 7) is 2.44. The topological polar surface area (TPSA) is 68.2 Å². The molecule has 4 aliphatic rings. The highest BCUT2D eigenvalue weighted by Crippen LogP contribution is 2.49. The quantitative estimate of drug-likeness (QED) is 0.463. The number of ether oxygens (including phenoxy) is 2. The Labute approximate surface area is 152 Å². The van der Waals surface area contributed by atoms with E-state index in [0.717, 1.165) is 23.4 Å². The van der Waals surface area contributed by atoms with E-state index in [0.29, 0.717) is 18.1 Å². The van der Waals surface area contributed by atoms with E-state index in [9.17, 15) is 9.59 Å². The molecule has 3 aliphatic carbocycles. The van der Waals surface area contributed by atoms with Crippen molar-refractivity contribution in [1.29, 1.82) is 0 Å². The fourth-order valence-corrected chi connectivity index (χ4v) is 4.34. The predicted molar refractivity (Wildman–Crippen MR) is 95.9 cm³/mol. The maximum absolute atomic E-state index is 12.7. The van der Waals surface area contributed by atoms with Crippen LogP contribution in [0.4, 0.5) is 0 Å². The van der Waals surface area contributed by atoms with Gasteiger partial charge < -0.3 is 9.47 Å². The second-order valence-electron chi connectivity index (χ2n) is 6.92. The van der Waals surface area contributed by atoms with Gasteiger partial charge in [-0.25, -0.2) is 0 Å². The molecule has 5 rings (SSSR count). The van der Waals surface area contributed by atoms with Gasteiger partial charge >= 0.3 is 0 Å². The lowest BCUT2D eigenvalue weighted by atomic mass is 9.63. The number of hydrazone groups is 1. The van der Waals surface area contributed by atoms with Crippen molar-refractivity contribution >= 4 is 18.0 Å². The number of carbonyl (C=O) groups excluding carboxylic acids is 2. The van der Waals surface area contributed by atoms with E-state index in [-0.39, 0.29) is 35.5 Å². The summed E-state index contributed by atoms with van der Waals surface area (Å²) < 4.78 is 10.8. The minimum Gasteiger partial charge on any atom is -0.493 e. The number of allylic oxidation sites excluding steroid dienone is 2. The zero-order valence-corrected chi connectivity index (χ0v) is 14.9. The van der Waals surface area contributed by atoms with Gasteiger partial charge in [-0.1, -0.05) is 12.2 Å². The molecule has 2 bridgehead atoms. The van der Waals surface area contributed by atoms with Gasteiger partial charge in [-0.15, -0.1) is 0 Å². The van der Waals surface area contributed by atoms with Crippen molar-refractivity contribution in [2.24, 2.45) is 28.8 Å². The molecule has 0 spiro atoms. The van der Waals surface area contributed by atoms with Crippen LogP contribution in [0.15, 0.2) is 35.5 Å². The maximum Gasteiger partial charge on any atom is 0.254 e. The lowest BCUT2D eigenvalue weighted by Gasteiger charge is -2.37. The number of methoxy groups -OCH3 is 1. The number of carbonyl (C=O) groups is 2. The summed E-state index contributed by atoms with van der Waals surface area (Å²) in [6.07, 6.45) is 7.70. The maximum atomic E-state index is 12.7. The smallest absolute Gasteiger partial charge is 0.254 e. The molecule has 1 saturated heterocycles. The van der Waals surface area contributed by atoms with E-state index >= 15 is 0 Å². The molecular weight excluding hydrogens is 332 g/mol. The van der Waals surface area contributed by atoms with Gasteiger partial charge in [-0.3, -0.25) is 9.59 Å². The largest absolute Gasteiger partial charge is 0.493 e. The van der Waals surface area contributed by atoms with Gasteiger partial charge in [0, 0.05) is 0 Å². The second kappa shape index (κ2) is 6.59. The molecule has 2 fully saturated rings. The van der Waals surface area contributed by atoms with Crippen LogP contribution in [-0.2, 0) is 9.59 Å². The van der Waals surface area contributed by atoms with Gasteiger partial charge in [-0.05, 0) is 55.4 Å². The van der Waals surface area contributed by atoms with E-state index in [4.69, 9.17) is 9.47 Å². The fraction of sp³-hybridized carbons (Fsp3) is 0.450. The minimum atomic E-state index is -0.238. The average molecular weight is 354 g/mol. The van der Waals surface area contributed by atoms with Crippen LogP contribution in [-0.4, -0.2) is 36.8 Å². The molecule has 1 aliphatic heterocycles. The Hall–Kier alpha value is -2.63. The first kappa shape index (κ1) is 16.8. The lowest BCUT2D eigenvalue weighted by Crippen LogP contribution is -2.38. The molecule has 0 unspecified atom stereocenters. The molecular formula is C20H22N2O4. The summed E-state index contributed by atoms with van der Waals surface area (Å²) in [4.78, 5) is 25.5. The normalized spacial score (nSPS) is 29.5. The molecule has 26 heavy (non-hydrogen) atoms. The van der Waals surface area contributed by atoms with E-state index in [2.05, 4.69) is 17.3 Å². The highest BCUT2D eigenvalue weighted by molar-refractivity contribution is 6.06. The van der Waals surface area contributed by atoms with Gasteiger partial charge in [0.2, 0.25) is 0 Å². The van der Waals surface area contributed by atoms with Crippen molar-refractivity contribution in [1.82, 2.24) is 5.01 Å². The van der Waals surface area contributed by atoms with Crippen molar-refractivity contribution in [3.63, 3.8) is 0 Å². The number of benzene rings is 1. The van der Waals surface area contributed by atoms with Crippen molar-refractivity contribution in [2.45, 2.75) is 19.8 Å². The third-order valence-electron chi connectivity index (χ3n) is 5.55. The number of amides is 2. The van der Waals surface area contributed by atoms with Crippen LogP contribution in [0, 0.1) is 23.7 Å². The SMILES string of the molecule is CCOc1ccc(/C=N\N2C(=O)[C@@H]3[C@@H](C2=O)[C@H]2C=C[C@H]3CC2)cc1OC. The number of nitrogens with zero attached hydrogens (tertiary/aromatic N) is 2. The summed E-state index contributed by atoms with van der Waals surface area (Å²) in [6, 6.07) is 5.39. The highest BCUT2D eigenvalue weighted by atomic mass is 16.5. The van der Waals surface area contributed by atoms with E-state index in [1.165, 1.54) is 6.21 Å². The third-order valence-corrected chi connectivity index (χ3v) is 5.55. The van der Waals surface area contributed by atoms with Crippen LogP contribution in [0.5, 0.6) is 11.5 Å². The van der Waals surface area contributed by atoms with Gasteiger partial charge in [-0.2, -0.15) is 10.1 Å². The third kappa shape index (κ3) is 2.60. The Morgan fingerprint density at radius 2 is 1.77 bits per heavy atom. The number of hydrogen-bond donors (Lipinski definition) is 0. The lowest BCUT2D eigenvalue weighted by molar-refractivity contribution is -0.140. The summed E-state index contributed by atoms with van der Waals surface area (Å²) >= 11 is 0. The van der Waals surface area contributed by atoms with Crippen LogP contribution < -0.4 is 9.47 Å². The first-order valence-corrected chi connectivity index (χ1v) is 9.05. The number of rotatable bonds is 5. The van der Waals surface area contributed by atoms with Crippen molar-refractivity contribution in [3.05, 3.63) is 35.9 Å². The van der Waals surface area contributed by atoms with Gasteiger partial charge in [0.25, 0.3) is 11.8 Å². The molecule has 0 N–H and O–H groups in total. The molecule has 136 valence electrons. The van der Waals surface area contributed by atoms with E-state index in [1.807, 2.05) is 13.0 Å². The van der Waals surface area contributed by atoms with Gasteiger partial charge in [0.1, 0.15) is 0 Å². The fourth-order valence-electron chi connectivity index (χ4n) is 4.34. The van der Waals surface area contributed by atoms with Crippen molar-refractivity contribution < 1.29 is 19.1 Å². The molecule has 1 aromatic rings.